The van der Waals surface area contributed by atoms with Crippen molar-refractivity contribution in [2.75, 3.05) is 6.54 Å². The molecule has 0 aliphatic rings. The molecular formula is C4H8ClNO. The Morgan fingerprint density at radius 3 is 2.57 bits per heavy atom. The monoisotopic (exact) mass is 121 g/mol. The van der Waals surface area contributed by atoms with E-state index in [0.717, 1.165) is 0 Å². The second-order valence-corrected chi connectivity index (χ2v) is 1.47. The Morgan fingerprint density at radius 2 is 2.43 bits per heavy atom. The number of Topliss-reactive ketones (excluding diaryl/α,β-unsaturated/α-hetero) is 1. The Morgan fingerprint density at radius 1 is 1.86 bits per heavy atom. The van der Waals surface area contributed by atoms with Crippen LogP contribution in [0.15, 0.2) is 0 Å². The van der Waals surface area contributed by atoms with Gasteiger partial charge < -0.3 is 0 Å². The highest BCUT2D eigenvalue weighted by molar-refractivity contribution is 6.14. The smallest absolute Gasteiger partial charge is 0.147 e. The Balaban J connectivity index is 3.00. The minimum atomic E-state index is 0.134. The van der Waals surface area contributed by atoms with Crippen LogP contribution in [0.25, 0.3) is 0 Å². The van der Waals surface area contributed by atoms with Gasteiger partial charge in [-0.3, -0.25) is 4.79 Å². The number of rotatable bonds is 3. The van der Waals surface area contributed by atoms with Gasteiger partial charge in [0.1, 0.15) is 5.78 Å². The lowest BCUT2D eigenvalue weighted by atomic mass is 10.3. The SMILES string of the molecule is CCC(=O)CNCl. The maximum Gasteiger partial charge on any atom is 0.147 e. The molecule has 0 aromatic rings. The summed E-state index contributed by atoms with van der Waals surface area (Å²) in [4.78, 5) is 12.5. The third kappa shape index (κ3) is 3.76. The zero-order valence-corrected chi connectivity index (χ0v) is 4.96. The molecule has 7 heavy (non-hydrogen) atoms. The summed E-state index contributed by atoms with van der Waals surface area (Å²) in [6.45, 7) is 2.08. The third-order valence-corrected chi connectivity index (χ3v) is 0.792. The molecule has 1 N–H and O–H groups in total. The van der Waals surface area contributed by atoms with Crippen LogP contribution in [0.4, 0.5) is 0 Å². The molecule has 42 valence electrons. The van der Waals surface area contributed by atoms with Crippen molar-refractivity contribution in [2.45, 2.75) is 13.3 Å². The van der Waals surface area contributed by atoms with Crippen molar-refractivity contribution in [3.8, 4) is 0 Å². The quantitative estimate of drug-likeness (QED) is 0.558. The summed E-state index contributed by atoms with van der Waals surface area (Å²) in [6.07, 6.45) is 0.555. The van der Waals surface area contributed by atoms with Crippen molar-refractivity contribution in [3.63, 3.8) is 0 Å². The van der Waals surface area contributed by atoms with E-state index < -0.39 is 0 Å². The van der Waals surface area contributed by atoms with Gasteiger partial charge in [-0.25, -0.2) is 4.84 Å². The van der Waals surface area contributed by atoms with Gasteiger partial charge in [-0.1, -0.05) is 6.92 Å². The number of hydrogen-bond acceptors (Lipinski definition) is 2. The van der Waals surface area contributed by atoms with E-state index in [1.54, 1.807) is 6.92 Å². The highest BCUT2D eigenvalue weighted by atomic mass is 35.5. The number of nitrogens with one attached hydrogen (secondary N) is 1. The molecule has 0 saturated carbocycles. The molecule has 0 atom stereocenters. The van der Waals surface area contributed by atoms with Crippen LogP contribution in [0, 0.1) is 0 Å². The van der Waals surface area contributed by atoms with E-state index >= 15 is 0 Å². The Kier molecular flexibility index (Phi) is 4.04. The molecular weight excluding hydrogens is 114 g/mol. The Hall–Kier alpha value is -0.0800. The molecule has 0 aromatic carbocycles. The van der Waals surface area contributed by atoms with Gasteiger partial charge in [0.2, 0.25) is 0 Å². The standard InChI is InChI=1S/C4H8ClNO/c1-2-4(7)3-6-5/h6H,2-3H2,1H3. The van der Waals surface area contributed by atoms with Crippen LogP contribution < -0.4 is 4.84 Å². The average molecular weight is 122 g/mol. The summed E-state index contributed by atoms with van der Waals surface area (Å²) in [5, 5.41) is 0. The maximum absolute atomic E-state index is 10.3. The van der Waals surface area contributed by atoms with E-state index in [1.807, 2.05) is 0 Å². The molecule has 0 bridgehead atoms. The molecule has 0 heterocycles. The molecule has 0 aliphatic carbocycles. The van der Waals surface area contributed by atoms with Crippen LogP contribution >= 0.6 is 11.8 Å². The van der Waals surface area contributed by atoms with E-state index in [4.69, 9.17) is 11.8 Å². The largest absolute Gasteiger partial charge is 0.298 e. The number of ketones is 1. The van der Waals surface area contributed by atoms with Crippen LogP contribution in [-0.4, -0.2) is 12.3 Å². The lowest BCUT2D eigenvalue weighted by Gasteiger charge is -1.88. The van der Waals surface area contributed by atoms with Crippen LogP contribution in [0.3, 0.4) is 0 Å². The van der Waals surface area contributed by atoms with Crippen molar-refractivity contribution in [1.82, 2.24) is 4.84 Å². The lowest BCUT2D eigenvalue weighted by molar-refractivity contribution is -0.117. The zero-order chi connectivity index (χ0) is 5.70. The van der Waals surface area contributed by atoms with Crippen molar-refractivity contribution >= 4 is 17.6 Å². The summed E-state index contributed by atoms with van der Waals surface area (Å²) in [6, 6.07) is 0. The van der Waals surface area contributed by atoms with Gasteiger partial charge in [-0.05, 0) is 11.8 Å². The topological polar surface area (TPSA) is 29.1 Å². The minimum Gasteiger partial charge on any atom is -0.298 e. The molecule has 0 aliphatic heterocycles. The predicted molar refractivity (Wildman–Crippen MR) is 29.2 cm³/mol. The Bertz CT molecular complexity index is 64.7. The molecule has 0 radical (unpaired) electrons. The Labute approximate surface area is 48.0 Å². The van der Waals surface area contributed by atoms with Crippen LogP contribution in [0.1, 0.15) is 13.3 Å². The summed E-state index contributed by atoms with van der Waals surface area (Å²) < 4.78 is 0. The van der Waals surface area contributed by atoms with Crippen LogP contribution in [0.2, 0.25) is 0 Å². The lowest BCUT2D eigenvalue weighted by Crippen LogP contribution is -2.12. The van der Waals surface area contributed by atoms with Gasteiger partial charge in [0.25, 0.3) is 0 Å². The fraction of sp³-hybridized carbons (Fsp3) is 0.750. The van der Waals surface area contributed by atoms with Gasteiger partial charge in [0, 0.05) is 6.42 Å². The van der Waals surface area contributed by atoms with Gasteiger partial charge in [-0.2, -0.15) is 0 Å². The second kappa shape index (κ2) is 4.09. The molecule has 0 fully saturated rings. The molecule has 0 spiro atoms. The molecule has 0 amide bonds. The van der Waals surface area contributed by atoms with Crippen molar-refractivity contribution in [1.29, 1.82) is 0 Å². The third-order valence-electron chi connectivity index (χ3n) is 0.658. The molecule has 0 rings (SSSR count). The maximum atomic E-state index is 10.3. The molecule has 0 unspecified atom stereocenters. The first kappa shape index (κ1) is 6.92. The molecule has 0 aromatic heterocycles. The van der Waals surface area contributed by atoms with E-state index in [9.17, 15) is 4.79 Å². The summed E-state index contributed by atoms with van der Waals surface area (Å²) >= 11 is 5.00. The van der Waals surface area contributed by atoms with Crippen LogP contribution in [0.5, 0.6) is 0 Å². The summed E-state index contributed by atoms with van der Waals surface area (Å²) in [5.74, 6) is 0.134. The molecule has 3 heteroatoms. The van der Waals surface area contributed by atoms with Crippen LogP contribution in [-0.2, 0) is 4.79 Å². The number of carbonyl (C=O) groups is 1. The zero-order valence-electron chi connectivity index (χ0n) is 4.20. The number of halogens is 1. The normalized spacial score (nSPS) is 8.86. The summed E-state index contributed by atoms with van der Waals surface area (Å²) in [7, 11) is 0. The van der Waals surface area contributed by atoms with E-state index in [-0.39, 0.29) is 12.3 Å². The second-order valence-electron chi connectivity index (χ2n) is 1.20. The fourth-order valence-corrected chi connectivity index (χ4v) is 0.349. The van der Waals surface area contributed by atoms with Gasteiger partial charge in [0.15, 0.2) is 0 Å². The summed E-state index contributed by atoms with van der Waals surface area (Å²) in [5.41, 5.74) is 0. The van der Waals surface area contributed by atoms with Crippen molar-refractivity contribution < 1.29 is 4.79 Å². The molecule has 0 saturated heterocycles. The van der Waals surface area contributed by atoms with Crippen molar-refractivity contribution in [3.05, 3.63) is 0 Å². The average Bonchev–Trinajstić information content (AvgIpc) is 1.68. The molecule has 2 nitrogen and oxygen atoms in total. The number of carbonyl (C=O) groups excluding carboxylic acids is 1. The first-order valence-corrected chi connectivity index (χ1v) is 2.54. The minimum absolute atomic E-state index is 0.134. The highest BCUT2D eigenvalue weighted by Crippen LogP contribution is 1.76. The van der Waals surface area contributed by atoms with E-state index in [1.165, 1.54) is 0 Å². The van der Waals surface area contributed by atoms with E-state index in [0.29, 0.717) is 6.42 Å². The predicted octanol–water partition coefficient (Wildman–Crippen LogP) is 0.709. The van der Waals surface area contributed by atoms with Gasteiger partial charge >= 0.3 is 0 Å². The van der Waals surface area contributed by atoms with Gasteiger partial charge in [0.05, 0.1) is 6.54 Å². The van der Waals surface area contributed by atoms with Gasteiger partial charge in [-0.15, -0.1) is 0 Å². The number of hydrogen-bond donors (Lipinski definition) is 1. The van der Waals surface area contributed by atoms with Crippen molar-refractivity contribution in [2.24, 2.45) is 0 Å². The fourth-order valence-electron chi connectivity index (χ4n) is 0.200. The first-order valence-electron chi connectivity index (χ1n) is 2.16. The van der Waals surface area contributed by atoms with E-state index in [2.05, 4.69) is 4.84 Å². The first-order chi connectivity index (χ1) is 3.31. The highest BCUT2D eigenvalue weighted by Gasteiger charge is 1.91.